The molecular weight excluding hydrogens is 228 g/mol. The first-order chi connectivity index (χ1) is 8.77. The Bertz CT molecular complexity index is 583. The third-order valence-electron chi connectivity index (χ3n) is 2.98. The van der Waals surface area contributed by atoms with E-state index in [2.05, 4.69) is 5.43 Å². The van der Waals surface area contributed by atoms with Gasteiger partial charge in [-0.2, -0.15) is 0 Å². The number of para-hydroxylation sites is 1. The summed E-state index contributed by atoms with van der Waals surface area (Å²) in [6.45, 7) is 0. The highest BCUT2D eigenvalue weighted by Crippen LogP contribution is 2.29. The SMILES string of the molecule is O=C1NN(c2ccccc2)[C@@H](O)c2ccccc21. The fraction of sp³-hybridized carbons (Fsp3) is 0.0714. The Labute approximate surface area is 104 Å². The Kier molecular flexibility index (Phi) is 2.50. The molecule has 1 aliphatic rings. The van der Waals surface area contributed by atoms with E-state index in [1.54, 1.807) is 18.2 Å². The minimum absolute atomic E-state index is 0.209. The Balaban J connectivity index is 2.05. The smallest absolute Gasteiger partial charge is 0.270 e. The third-order valence-corrected chi connectivity index (χ3v) is 2.98. The largest absolute Gasteiger partial charge is 0.368 e. The lowest BCUT2D eigenvalue weighted by Gasteiger charge is -2.35. The van der Waals surface area contributed by atoms with E-state index in [0.717, 1.165) is 5.69 Å². The maximum absolute atomic E-state index is 12.0. The quantitative estimate of drug-likeness (QED) is 0.799. The second-order valence-corrected chi connectivity index (χ2v) is 4.11. The Morgan fingerprint density at radius 2 is 1.67 bits per heavy atom. The first-order valence-corrected chi connectivity index (χ1v) is 5.69. The van der Waals surface area contributed by atoms with Crippen molar-refractivity contribution in [1.29, 1.82) is 0 Å². The normalized spacial score (nSPS) is 18.2. The van der Waals surface area contributed by atoms with Gasteiger partial charge >= 0.3 is 0 Å². The summed E-state index contributed by atoms with van der Waals surface area (Å²) >= 11 is 0. The molecule has 1 amide bonds. The number of nitrogens with zero attached hydrogens (tertiary/aromatic N) is 1. The molecule has 0 radical (unpaired) electrons. The number of aliphatic hydroxyl groups is 1. The Morgan fingerprint density at radius 3 is 2.44 bits per heavy atom. The fourth-order valence-electron chi connectivity index (χ4n) is 2.09. The highest BCUT2D eigenvalue weighted by molar-refractivity contribution is 5.98. The number of nitrogens with one attached hydrogen (secondary N) is 1. The molecule has 3 rings (SSSR count). The maximum atomic E-state index is 12.0. The molecule has 0 unspecified atom stereocenters. The highest BCUT2D eigenvalue weighted by atomic mass is 16.3. The van der Waals surface area contributed by atoms with Crippen molar-refractivity contribution in [3.8, 4) is 0 Å². The number of amides is 1. The zero-order valence-electron chi connectivity index (χ0n) is 9.58. The number of fused-ring (bicyclic) bond motifs is 1. The van der Waals surface area contributed by atoms with Crippen LogP contribution in [0.15, 0.2) is 54.6 Å². The van der Waals surface area contributed by atoms with E-state index in [1.807, 2.05) is 36.4 Å². The van der Waals surface area contributed by atoms with E-state index in [4.69, 9.17) is 0 Å². The van der Waals surface area contributed by atoms with Crippen LogP contribution < -0.4 is 10.4 Å². The van der Waals surface area contributed by atoms with Crippen LogP contribution in [0, 0.1) is 0 Å². The van der Waals surface area contributed by atoms with Crippen LogP contribution in [-0.4, -0.2) is 11.0 Å². The van der Waals surface area contributed by atoms with Gasteiger partial charge in [-0.3, -0.25) is 15.2 Å². The van der Waals surface area contributed by atoms with Crippen LogP contribution in [0.2, 0.25) is 0 Å². The standard InChI is InChI=1S/C14H12N2O2/c17-13-11-8-4-5-9-12(11)14(18)16(15-13)10-6-2-1-3-7-10/h1-9,14,18H,(H,15,17)/t14-/m0/s1. The van der Waals surface area contributed by atoms with Gasteiger partial charge in [0.15, 0.2) is 6.23 Å². The highest BCUT2D eigenvalue weighted by Gasteiger charge is 2.29. The molecule has 90 valence electrons. The number of anilines is 1. The van der Waals surface area contributed by atoms with Gasteiger partial charge in [0.2, 0.25) is 0 Å². The van der Waals surface area contributed by atoms with Crippen LogP contribution in [0.4, 0.5) is 5.69 Å². The summed E-state index contributed by atoms with van der Waals surface area (Å²) < 4.78 is 0. The summed E-state index contributed by atoms with van der Waals surface area (Å²) in [6, 6.07) is 16.3. The van der Waals surface area contributed by atoms with Gasteiger partial charge in [0.25, 0.3) is 5.91 Å². The van der Waals surface area contributed by atoms with E-state index in [9.17, 15) is 9.90 Å². The summed E-state index contributed by atoms with van der Waals surface area (Å²) in [4.78, 5) is 12.0. The molecule has 0 aliphatic carbocycles. The third kappa shape index (κ3) is 1.63. The second kappa shape index (κ2) is 4.16. The Morgan fingerprint density at radius 1 is 1.00 bits per heavy atom. The van der Waals surface area contributed by atoms with Crippen molar-refractivity contribution in [2.45, 2.75) is 6.23 Å². The molecule has 0 aromatic heterocycles. The topological polar surface area (TPSA) is 52.6 Å². The van der Waals surface area contributed by atoms with Crippen LogP contribution in [0.1, 0.15) is 22.1 Å². The van der Waals surface area contributed by atoms with Gasteiger partial charge in [0, 0.05) is 11.1 Å². The van der Waals surface area contributed by atoms with Crippen LogP contribution in [0.25, 0.3) is 0 Å². The molecule has 2 N–H and O–H groups in total. The summed E-state index contributed by atoms with van der Waals surface area (Å²) in [7, 11) is 0. The molecule has 4 nitrogen and oxygen atoms in total. The number of hydrogen-bond donors (Lipinski definition) is 2. The molecule has 1 atom stereocenters. The number of aliphatic hydroxyl groups excluding tert-OH is 1. The molecule has 0 fully saturated rings. The van der Waals surface area contributed by atoms with Crippen LogP contribution >= 0.6 is 0 Å². The molecule has 2 aromatic rings. The zero-order valence-corrected chi connectivity index (χ0v) is 9.58. The van der Waals surface area contributed by atoms with Crippen molar-refractivity contribution >= 4 is 11.6 Å². The van der Waals surface area contributed by atoms with Crippen molar-refractivity contribution < 1.29 is 9.90 Å². The van der Waals surface area contributed by atoms with Crippen LogP contribution in [0.3, 0.4) is 0 Å². The Hall–Kier alpha value is -2.33. The molecular formula is C14H12N2O2. The lowest BCUT2D eigenvalue weighted by molar-refractivity contribution is 0.0843. The van der Waals surface area contributed by atoms with E-state index >= 15 is 0 Å². The van der Waals surface area contributed by atoms with E-state index < -0.39 is 6.23 Å². The molecule has 1 heterocycles. The van der Waals surface area contributed by atoms with Crippen molar-refractivity contribution in [2.75, 3.05) is 5.01 Å². The lowest BCUT2D eigenvalue weighted by Crippen LogP contribution is -2.49. The minimum Gasteiger partial charge on any atom is -0.368 e. The fourth-order valence-corrected chi connectivity index (χ4v) is 2.09. The van der Waals surface area contributed by atoms with Gasteiger partial charge in [-0.25, -0.2) is 0 Å². The van der Waals surface area contributed by atoms with Gasteiger partial charge < -0.3 is 5.11 Å². The average molecular weight is 240 g/mol. The number of hydrogen-bond acceptors (Lipinski definition) is 3. The number of benzene rings is 2. The first kappa shape index (κ1) is 10.8. The van der Waals surface area contributed by atoms with Crippen LogP contribution in [-0.2, 0) is 0 Å². The zero-order chi connectivity index (χ0) is 12.5. The molecule has 0 spiro atoms. The molecule has 1 aliphatic heterocycles. The molecule has 0 saturated carbocycles. The summed E-state index contributed by atoms with van der Waals surface area (Å²) in [5.41, 5.74) is 4.55. The summed E-state index contributed by atoms with van der Waals surface area (Å²) in [5, 5.41) is 11.8. The summed E-state index contributed by atoms with van der Waals surface area (Å²) in [5.74, 6) is -0.209. The van der Waals surface area contributed by atoms with E-state index in [-0.39, 0.29) is 5.91 Å². The van der Waals surface area contributed by atoms with Crippen LogP contribution in [0.5, 0.6) is 0 Å². The molecule has 0 saturated heterocycles. The van der Waals surface area contributed by atoms with Crippen molar-refractivity contribution in [1.82, 2.24) is 5.43 Å². The molecule has 0 bridgehead atoms. The number of hydrazine groups is 1. The molecule has 18 heavy (non-hydrogen) atoms. The van der Waals surface area contributed by atoms with Gasteiger partial charge in [-0.1, -0.05) is 36.4 Å². The maximum Gasteiger partial charge on any atom is 0.270 e. The van der Waals surface area contributed by atoms with Crippen molar-refractivity contribution in [3.63, 3.8) is 0 Å². The number of carbonyl (C=O) groups excluding carboxylic acids is 1. The van der Waals surface area contributed by atoms with Gasteiger partial charge in [0.1, 0.15) is 0 Å². The van der Waals surface area contributed by atoms with Gasteiger partial charge in [-0.15, -0.1) is 0 Å². The minimum atomic E-state index is -0.874. The van der Waals surface area contributed by atoms with Gasteiger partial charge in [-0.05, 0) is 18.2 Å². The predicted molar refractivity (Wildman–Crippen MR) is 67.8 cm³/mol. The van der Waals surface area contributed by atoms with E-state index in [0.29, 0.717) is 11.1 Å². The molecule has 2 aromatic carbocycles. The monoisotopic (exact) mass is 240 g/mol. The predicted octanol–water partition coefficient (Wildman–Crippen LogP) is 1.84. The van der Waals surface area contributed by atoms with Crippen molar-refractivity contribution in [3.05, 3.63) is 65.7 Å². The van der Waals surface area contributed by atoms with Crippen molar-refractivity contribution in [2.24, 2.45) is 0 Å². The number of carbonyl (C=O) groups is 1. The van der Waals surface area contributed by atoms with Gasteiger partial charge in [0.05, 0.1) is 5.69 Å². The first-order valence-electron chi connectivity index (χ1n) is 5.69. The lowest BCUT2D eigenvalue weighted by atomic mass is 10.0. The molecule has 4 heteroatoms. The summed E-state index contributed by atoms with van der Waals surface area (Å²) in [6.07, 6.45) is -0.874. The van der Waals surface area contributed by atoms with E-state index in [1.165, 1.54) is 5.01 Å². The number of rotatable bonds is 1. The second-order valence-electron chi connectivity index (χ2n) is 4.11. The average Bonchev–Trinajstić information content (AvgIpc) is 2.44.